The van der Waals surface area contributed by atoms with Crippen LogP contribution in [0.25, 0.3) is 0 Å². The van der Waals surface area contributed by atoms with Crippen molar-refractivity contribution < 1.29 is 0 Å². The molecule has 0 unspecified atom stereocenters. The molecule has 0 aromatic heterocycles. The van der Waals surface area contributed by atoms with Gasteiger partial charge in [-0.15, -0.1) is 0 Å². The molecule has 0 spiro atoms. The summed E-state index contributed by atoms with van der Waals surface area (Å²) < 4.78 is 0. The van der Waals surface area contributed by atoms with Crippen molar-refractivity contribution in [3.05, 3.63) is 35.4 Å². The summed E-state index contributed by atoms with van der Waals surface area (Å²) in [5.74, 6) is 0.840. The number of hydrogen-bond acceptors (Lipinski definition) is 0. The summed E-state index contributed by atoms with van der Waals surface area (Å²) in [6, 6.07) is 9.64. The van der Waals surface area contributed by atoms with E-state index in [0.717, 1.165) is 5.92 Å². The first-order valence-corrected chi connectivity index (χ1v) is 5.09. The predicted octanol–water partition coefficient (Wildman–Crippen LogP) is 3.66. The van der Waals surface area contributed by atoms with Crippen molar-refractivity contribution in [2.75, 3.05) is 0 Å². The van der Waals surface area contributed by atoms with Crippen LogP contribution >= 0.6 is 0 Å². The van der Waals surface area contributed by atoms with Crippen molar-refractivity contribution in [2.24, 2.45) is 0 Å². The Morgan fingerprint density at radius 2 is 2.00 bits per heavy atom. The maximum Gasteiger partial charge on any atom is -0.0129 e. The number of benzene rings is 1. The van der Waals surface area contributed by atoms with E-state index in [0.29, 0.717) is 0 Å². The van der Waals surface area contributed by atoms with E-state index in [4.69, 9.17) is 0 Å². The summed E-state index contributed by atoms with van der Waals surface area (Å²) >= 11 is 0. The first-order valence-electron chi connectivity index (χ1n) is 5.09. The Morgan fingerprint density at radius 1 is 1.31 bits per heavy atom. The van der Waals surface area contributed by atoms with Crippen molar-refractivity contribution >= 4 is 0 Å². The van der Waals surface area contributed by atoms with Gasteiger partial charge in [0.2, 0.25) is 0 Å². The van der Waals surface area contributed by atoms with Gasteiger partial charge in [-0.25, -0.2) is 0 Å². The van der Waals surface area contributed by atoms with Gasteiger partial charge in [-0.3, -0.25) is 0 Å². The minimum Gasteiger partial charge on any atom is -0.0576 e. The monoisotopic (exact) mass is 173 g/mol. The lowest BCUT2D eigenvalue weighted by Crippen LogP contribution is -2.13. The largest absolute Gasteiger partial charge is 0.0576 e. The second-order valence-corrected chi connectivity index (χ2v) is 5.04. The summed E-state index contributed by atoms with van der Waals surface area (Å²) in [4.78, 5) is 0. The minimum atomic E-state index is 0.285. The second-order valence-electron chi connectivity index (χ2n) is 5.04. The molecule has 1 aliphatic carbocycles. The highest BCUT2D eigenvalue weighted by molar-refractivity contribution is 5.37. The first kappa shape index (κ1) is 8.80. The first-order chi connectivity index (χ1) is 6.09. The maximum atomic E-state index is 3.19. The molecular weight excluding hydrogens is 156 g/mol. The van der Waals surface area contributed by atoms with Crippen LogP contribution in [0.5, 0.6) is 0 Å². The van der Waals surface area contributed by atoms with E-state index in [1.807, 2.05) is 6.07 Å². The van der Waals surface area contributed by atoms with Gasteiger partial charge in [0, 0.05) is 0 Å². The standard InChI is InChI=1S/C13H17/c1-13(2,3)12-7-5-4-6-11(12)10-8-9-10/h5-7,10H,8-9H2,1-3H3. The van der Waals surface area contributed by atoms with Gasteiger partial charge in [0.1, 0.15) is 0 Å². The molecule has 2 rings (SSSR count). The molecule has 0 heterocycles. The van der Waals surface area contributed by atoms with Crippen LogP contribution in [0.2, 0.25) is 0 Å². The molecule has 1 aromatic rings. The third kappa shape index (κ3) is 1.77. The zero-order valence-corrected chi connectivity index (χ0v) is 8.72. The van der Waals surface area contributed by atoms with Gasteiger partial charge in [0.15, 0.2) is 0 Å². The Bertz CT molecular complexity index is 300. The molecule has 0 aliphatic heterocycles. The van der Waals surface area contributed by atoms with Crippen molar-refractivity contribution in [1.29, 1.82) is 0 Å². The van der Waals surface area contributed by atoms with Crippen LogP contribution in [-0.2, 0) is 5.41 Å². The molecule has 0 heteroatoms. The van der Waals surface area contributed by atoms with Crippen LogP contribution in [0.4, 0.5) is 0 Å². The maximum absolute atomic E-state index is 3.19. The van der Waals surface area contributed by atoms with Crippen LogP contribution in [0.3, 0.4) is 0 Å². The fourth-order valence-corrected chi connectivity index (χ4v) is 1.86. The zero-order chi connectivity index (χ0) is 9.47. The lowest BCUT2D eigenvalue weighted by Gasteiger charge is -2.22. The number of rotatable bonds is 1. The molecule has 1 saturated carbocycles. The fraction of sp³-hybridized carbons (Fsp3) is 0.538. The molecule has 0 bridgehead atoms. The van der Waals surface area contributed by atoms with Gasteiger partial charge in [0.05, 0.1) is 0 Å². The molecule has 1 fully saturated rings. The SMILES string of the molecule is CC(C)(C)c1cc[c]cc1C1CC1. The van der Waals surface area contributed by atoms with E-state index in [1.165, 1.54) is 24.0 Å². The Morgan fingerprint density at radius 3 is 2.54 bits per heavy atom. The molecule has 1 radical (unpaired) electrons. The van der Waals surface area contributed by atoms with Crippen molar-refractivity contribution in [2.45, 2.75) is 44.9 Å². The highest BCUT2D eigenvalue weighted by atomic mass is 14.3. The van der Waals surface area contributed by atoms with Crippen molar-refractivity contribution in [3.8, 4) is 0 Å². The van der Waals surface area contributed by atoms with Crippen LogP contribution in [-0.4, -0.2) is 0 Å². The molecule has 0 saturated heterocycles. The van der Waals surface area contributed by atoms with Gasteiger partial charge < -0.3 is 0 Å². The van der Waals surface area contributed by atoms with Gasteiger partial charge in [-0.1, -0.05) is 39.0 Å². The van der Waals surface area contributed by atoms with Gasteiger partial charge in [0.25, 0.3) is 0 Å². The summed E-state index contributed by atoms with van der Waals surface area (Å²) in [6.45, 7) is 6.86. The number of hydrogen-bond donors (Lipinski definition) is 0. The van der Waals surface area contributed by atoms with Gasteiger partial charge in [-0.2, -0.15) is 0 Å². The quantitative estimate of drug-likeness (QED) is 0.608. The Hall–Kier alpha value is -0.780. The molecule has 0 atom stereocenters. The van der Waals surface area contributed by atoms with E-state index >= 15 is 0 Å². The van der Waals surface area contributed by atoms with Crippen LogP contribution in [0, 0.1) is 6.07 Å². The van der Waals surface area contributed by atoms with Gasteiger partial charge >= 0.3 is 0 Å². The zero-order valence-electron chi connectivity index (χ0n) is 8.72. The second kappa shape index (κ2) is 2.87. The average Bonchev–Trinajstić information content (AvgIpc) is 2.85. The summed E-state index contributed by atoms with van der Waals surface area (Å²) in [6.07, 6.45) is 2.75. The van der Waals surface area contributed by atoms with Gasteiger partial charge in [-0.05, 0) is 41.4 Å². The molecule has 1 aromatic carbocycles. The topological polar surface area (TPSA) is 0 Å². The molecule has 0 nitrogen and oxygen atoms in total. The van der Waals surface area contributed by atoms with Crippen molar-refractivity contribution in [3.63, 3.8) is 0 Å². The predicted molar refractivity (Wildman–Crippen MR) is 56.0 cm³/mol. The van der Waals surface area contributed by atoms with E-state index in [1.54, 1.807) is 0 Å². The molecule has 1 aliphatic rings. The van der Waals surface area contributed by atoms with Crippen LogP contribution in [0.15, 0.2) is 18.2 Å². The molecule has 0 amide bonds. The molecule has 13 heavy (non-hydrogen) atoms. The normalized spacial score (nSPS) is 17.5. The lowest BCUT2D eigenvalue weighted by atomic mass is 9.82. The Kier molecular flexibility index (Phi) is 1.94. The third-order valence-corrected chi connectivity index (χ3v) is 2.72. The van der Waals surface area contributed by atoms with E-state index in [2.05, 4.69) is 39.0 Å². The molecule has 69 valence electrons. The van der Waals surface area contributed by atoms with Crippen LogP contribution in [0.1, 0.15) is 50.7 Å². The van der Waals surface area contributed by atoms with Crippen LogP contribution < -0.4 is 0 Å². The Balaban J connectivity index is 2.43. The molecule has 0 N–H and O–H groups in total. The van der Waals surface area contributed by atoms with Crippen molar-refractivity contribution in [1.82, 2.24) is 0 Å². The fourth-order valence-electron chi connectivity index (χ4n) is 1.86. The van der Waals surface area contributed by atoms with E-state index in [9.17, 15) is 0 Å². The highest BCUT2D eigenvalue weighted by Gasteiger charge is 2.28. The highest BCUT2D eigenvalue weighted by Crippen LogP contribution is 2.44. The third-order valence-electron chi connectivity index (χ3n) is 2.72. The summed E-state index contributed by atoms with van der Waals surface area (Å²) in [5.41, 5.74) is 3.33. The smallest absolute Gasteiger partial charge is 0.0129 e. The lowest BCUT2D eigenvalue weighted by molar-refractivity contribution is 0.582. The Labute approximate surface area is 81.0 Å². The minimum absolute atomic E-state index is 0.285. The summed E-state index contributed by atoms with van der Waals surface area (Å²) in [5, 5.41) is 0. The van der Waals surface area contributed by atoms with E-state index < -0.39 is 0 Å². The average molecular weight is 173 g/mol. The summed E-state index contributed by atoms with van der Waals surface area (Å²) in [7, 11) is 0. The van der Waals surface area contributed by atoms with E-state index in [-0.39, 0.29) is 5.41 Å². The molecular formula is C13H17.